The molecule has 1 aromatic heterocycles. The van der Waals surface area contributed by atoms with E-state index in [1.54, 1.807) is 18.3 Å². The van der Waals surface area contributed by atoms with Gasteiger partial charge in [0.15, 0.2) is 0 Å². The molecule has 21 heavy (non-hydrogen) atoms. The second-order valence-electron chi connectivity index (χ2n) is 5.60. The standard InChI is InChI=1S/C16H18ClN3O/c17-13-7-10-6-11(9-19-15(10)8-14(13)18)16(21)20-12-4-2-1-3-5-12/h6-9,12H,1-5,18H2,(H,20,21). The van der Waals surface area contributed by atoms with Gasteiger partial charge in [0.2, 0.25) is 0 Å². The fourth-order valence-corrected chi connectivity index (χ4v) is 2.98. The van der Waals surface area contributed by atoms with Gasteiger partial charge in [-0.1, -0.05) is 30.9 Å². The maximum atomic E-state index is 12.3. The van der Waals surface area contributed by atoms with E-state index in [-0.39, 0.29) is 11.9 Å². The summed E-state index contributed by atoms with van der Waals surface area (Å²) < 4.78 is 0. The van der Waals surface area contributed by atoms with Crippen LogP contribution in [0.15, 0.2) is 24.4 Å². The first-order valence-corrected chi connectivity index (χ1v) is 7.67. The maximum absolute atomic E-state index is 12.3. The first kappa shape index (κ1) is 14.1. The highest BCUT2D eigenvalue weighted by Crippen LogP contribution is 2.25. The van der Waals surface area contributed by atoms with Gasteiger partial charge in [0.05, 0.1) is 21.8 Å². The summed E-state index contributed by atoms with van der Waals surface area (Å²) in [6.07, 6.45) is 7.37. The molecule has 4 nitrogen and oxygen atoms in total. The predicted octanol–water partition coefficient (Wildman–Crippen LogP) is 3.53. The average Bonchev–Trinajstić information content (AvgIpc) is 2.49. The number of nitrogens with two attached hydrogens (primary N) is 1. The van der Waals surface area contributed by atoms with Crippen molar-refractivity contribution in [1.82, 2.24) is 10.3 Å². The van der Waals surface area contributed by atoms with E-state index in [0.29, 0.717) is 16.3 Å². The minimum atomic E-state index is -0.0655. The molecule has 0 spiro atoms. The molecule has 0 unspecified atom stereocenters. The first-order valence-electron chi connectivity index (χ1n) is 7.29. The van der Waals surface area contributed by atoms with Crippen LogP contribution in [0.3, 0.4) is 0 Å². The summed E-state index contributed by atoms with van der Waals surface area (Å²) in [5.41, 5.74) is 7.56. The Balaban J connectivity index is 1.82. The van der Waals surface area contributed by atoms with Crippen LogP contribution in [0.5, 0.6) is 0 Å². The van der Waals surface area contributed by atoms with Crippen molar-refractivity contribution in [3.63, 3.8) is 0 Å². The Hall–Kier alpha value is -1.81. The van der Waals surface area contributed by atoms with Crippen molar-refractivity contribution in [3.05, 3.63) is 35.0 Å². The topological polar surface area (TPSA) is 68.0 Å². The molecule has 110 valence electrons. The molecule has 1 aliphatic rings. The second-order valence-corrected chi connectivity index (χ2v) is 6.01. The van der Waals surface area contributed by atoms with Gasteiger partial charge in [-0.2, -0.15) is 0 Å². The third-order valence-electron chi connectivity index (χ3n) is 4.00. The number of hydrogen-bond donors (Lipinski definition) is 2. The molecule has 2 aromatic rings. The van der Waals surface area contributed by atoms with Gasteiger partial charge in [0, 0.05) is 17.6 Å². The van der Waals surface area contributed by atoms with Gasteiger partial charge in [-0.05, 0) is 31.0 Å². The number of carbonyl (C=O) groups excluding carboxylic acids is 1. The lowest BCUT2D eigenvalue weighted by molar-refractivity contribution is 0.0927. The number of halogens is 1. The van der Waals surface area contributed by atoms with Crippen LogP contribution >= 0.6 is 11.6 Å². The van der Waals surface area contributed by atoms with E-state index in [1.165, 1.54) is 19.3 Å². The van der Waals surface area contributed by atoms with Crippen LogP contribution in [0.2, 0.25) is 5.02 Å². The highest BCUT2D eigenvalue weighted by Gasteiger charge is 2.17. The zero-order valence-corrected chi connectivity index (χ0v) is 12.5. The number of anilines is 1. The Morgan fingerprint density at radius 2 is 2.00 bits per heavy atom. The van der Waals surface area contributed by atoms with Gasteiger partial charge in [-0.3, -0.25) is 9.78 Å². The molecule has 1 saturated carbocycles. The Morgan fingerprint density at radius 1 is 1.24 bits per heavy atom. The van der Waals surface area contributed by atoms with Gasteiger partial charge >= 0.3 is 0 Å². The van der Waals surface area contributed by atoms with Crippen molar-refractivity contribution in [2.45, 2.75) is 38.1 Å². The van der Waals surface area contributed by atoms with Crippen molar-refractivity contribution in [1.29, 1.82) is 0 Å². The van der Waals surface area contributed by atoms with Crippen molar-refractivity contribution in [2.24, 2.45) is 0 Å². The molecule has 1 aromatic carbocycles. The Bertz CT molecular complexity index is 681. The third kappa shape index (κ3) is 3.10. The fourth-order valence-electron chi connectivity index (χ4n) is 2.80. The van der Waals surface area contributed by atoms with E-state index in [1.807, 2.05) is 6.07 Å². The number of nitrogen functional groups attached to an aromatic ring is 1. The number of aromatic nitrogens is 1. The molecule has 0 aliphatic heterocycles. The van der Waals surface area contributed by atoms with Crippen LogP contribution in [0.25, 0.3) is 10.9 Å². The largest absolute Gasteiger partial charge is 0.397 e. The number of carbonyl (C=O) groups is 1. The van der Waals surface area contributed by atoms with Crippen molar-refractivity contribution >= 4 is 34.1 Å². The quantitative estimate of drug-likeness (QED) is 0.834. The van der Waals surface area contributed by atoms with Crippen molar-refractivity contribution in [2.75, 3.05) is 5.73 Å². The number of nitrogens with zero attached hydrogens (tertiary/aromatic N) is 1. The summed E-state index contributed by atoms with van der Waals surface area (Å²) >= 11 is 6.02. The van der Waals surface area contributed by atoms with E-state index in [0.717, 1.165) is 23.7 Å². The minimum Gasteiger partial charge on any atom is -0.397 e. The summed E-state index contributed by atoms with van der Waals surface area (Å²) in [6, 6.07) is 5.57. The molecule has 5 heteroatoms. The summed E-state index contributed by atoms with van der Waals surface area (Å²) in [4.78, 5) is 16.6. The number of nitrogens with one attached hydrogen (secondary N) is 1. The van der Waals surface area contributed by atoms with Crippen LogP contribution in [-0.2, 0) is 0 Å². The normalized spacial score (nSPS) is 16.0. The smallest absolute Gasteiger partial charge is 0.253 e. The number of fused-ring (bicyclic) bond motifs is 1. The molecule has 1 fully saturated rings. The van der Waals surface area contributed by atoms with Crippen LogP contribution in [-0.4, -0.2) is 16.9 Å². The third-order valence-corrected chi connectivity index (χ3v) is 4.33. The summed E-state index contributed by atoms with van der Waals surface area (Å²) in [7, 11) is 0. The number of benzene rings is 1. The lowest BCUT2D eigenvalue weighted by Gasteiger charge is -2.22. The summed E-state index contributed by atoms with van der Waals surface area (Å²) in [6.45, 7) is 0. The van der Waals surface area contributed by atoms with E-state index in [4.69, 9.17) is 17.3 Å². The second kappa shape index (κ2) is 5.90. The number of hydrogen-bond acceptors (Lipinski definition) is 3. The van der Waals surface area contributed by atoms with Crippen LogP contribution in [0, 0.1) is 0 Å². The molecule has 1 heterocycles. The van der Waals surface area contributed by atoms with Crippen molar-refractivity contribution in [3.8, 4) is 0 Å². The maximum Gasteiger partial charge on any atom is 0.253 e. The highest BCUT2D eigenvalue weighted by atomic mass is 35.5. The molecule has 0 bridgehead atoms. The van der Waals surface area contributed by atoms with E-state index >= 15 is 0 Å². The molecule has 0 saturated heterocycles. The first-order chi connectivity index (χ1) is 10.1. The van der Waals surface area contributed by atoms with E-state index < -0.39 is 0 Å². The average molecular weight is 304 g/mol. The molecular formula is C16H18ClN3O. The molecule has 1 aliphatic carbocycles. The number of pyridine rings is 1. The zero-order chi connectivity index (χ0) is 14.8. The van der Waals surface area contributed by atoms with Gasteiger partial charge < -0.3 is 11.1 Å². The molecule has 3 rings (SSSR count). The Kier molecular flexibility index (Phi) is 3.97. The SMILES string of the molecule is Nc1cc2ncc(C(=O)NC3CCCCC3)cc2cc1Cl. The highest BCUT2D eigenvalue weighted by molar-refractivity contribution is 6.33. The van der Waals surface area contributed by atoms with Gasteiger partial charge in [-0.25, -0.2) is 0 Å². The molecule has 0 atom stereocenters. The van der Waals surface area contributed by atoms with Gasteiger partial charge in [-0.15, -0.1) is 0 Å². The van der Waals surface area contributed by atoms with E-state index in [2.05, 4.69) is 10.3 Å². The molecule has 1 amide bonds. The number of amides is 1. The fraction of sp³-hybridized carbons (Fsp3) is 0.375. The monoisotopic (exact) mass is 303 g/mol. The number of rotatable bonds is 2. The van der Waals surface area contributed by atoms with Crippen LogP contribution in [0.4, 0.5) is 5.69 Å². The lowest BCUT2D eigenvalue weighted by atomic mass is 9.95. The minimum absolute atomic E-state index is 0.0655. The summed E-state index contributed by atoms with van der Waals surface area (Å²) in [5, 5.41) is 4.39. The molecule has 0 radical (unpaired) electrons. The van der Waals surface area contributed by atoms with Crippen LogP contribution < -0.4 is 11.1 Å². The van der Waals surface area contributed by atoms with Crippen molar-refractivity contribution < 1.29 is 4.79 Å². The summed E-state index contributed by atoms with van der Waals surface area (Å²) in [5.74, 6) is -0.0655. The van der Waals surface area contributed by atoms with Gasteiger partial charge in [0.25, 0.3) is 5.91 Å². The molecular weight excluding hydrogens is 286 g/mol. The molecule has 3 N–H and O–H groups in total. The Labute approximate surface area is 128 Å². The van der Waals surface area contributed by atoms with E-state index in [9.17, 15) is 4.79 Å². The van der Waals surface area contributed by atoms with Gasteiger partial charge in [0.1, 0.15) is 0 Å². The lowest BCUT2D eigenvalue weighted by Crippen LogP contribution is -2.36. The predicted molar refractivity (Wildman–Crippen MR) is 85.5 cm³/mol. The zero-order valence-electron chi connectivity index (χ0n) is 11.7. The van der Waals surface area contributed by atoms with Crippen LogP contribution in [0.1, 0.15) is 42.5 Å². The Morgan fingerprint density at radius 3 is 2.76 bits per heavy atom.